The van der Waals surface area contributed by atoms with Crippen LogP contribution in [0, 0.1) is 5.82 Å². The number of carbonyl (C=O) groups excluding carboxylic acids is 1. The Morgan fingerprint density at radius 1 is 1.26 bits per heavy atom. The second kappa shape index (κ2) is 9.94. The molecule has 0 bridgehead atoms. The summed E-state index contributed by atoms with van der Waals surface area (Å²) in [6.45, 7) is 4.59. The summed E-state index contributed by atoms with van der Waals surface area (Å²) in [7, 11) is 1.78. The number of thioether (sulfide) groups is 1. The molecule has 2 N–H and O–H groups in total. The van der Waals surface area contributed by atoms with Crippen molar-refractivity contribution in [1.29, 1.82) is 0 Å². The number of nitrogens with zero attached hydrogens (tertiary/aromatic N) is 3. The minimum Gasteiger partial charge on any atom is -0.355 e. The van der Waals surface area contributed by atoms with Gasteiger partial charge in [0.25, 0.3) is 0 Å². The summed E-state index contributed by atoms with van der Waals surface area (Å²) in [5, 5.41) is 6.39. The third-order valence-corrected chi connectivity index (χ3v) is 5.72. The molecule has 1 saturated carbocycles. The Bertz CT molecular complexity index is 659. The molecule has 27 heavy (non-hydrogen) atoms. The molecule has 0 atom stereocenters. The first-order valence-electron chi connectivity index (χ1n) is 9.50. The summed E-state index contributed by atoms with van der Waals surface area (Å²) < 4.78 is 13.6. The highest BCUT2D eigenvalue weighted by Crippen LogP contribution is 2.20. The highest BCUT2D eigenvalue weighted by Gasteiger charge is 2.25. The van der Waals surface area contributed by atoms with E-state index in [0.29, 0.717) is 17.5 Å². The number of aliphatic imine (C=N–C) groups is 1. The lowest BCUT2D eigenvalue weighted by molar-refractivity contribution is -0.122. The molecule has 2 aliphatic rings. The molecular weight excluding hydrogens is 365 g/mol. The van der Waals surface area contributed by atoms with Crippen LogP contribution in [-0.2, 0) is 4.79 Å². The first kappa shape index (κ1) is 19.9. The van der Waals surface area contributed by atoms with Crippen LogP contribution in [0.3, 0.4) is 0 Å². The molecule has 1 aromatic carbocycles. The molecule has 6 nitrogen and oxygen atoms in total. The lowest BCUT2D eigenvalue weighted by atomic mass is 10.3. The maximum Gasteiger partial charge on any atom is 0.234 e. The molecule has 3 rings (SSSR count). The van der Waals surface area contributed by atoms with Crippen LogP contribution < -0.4 is 10.6 Å². The van der Waals surface area contributed by atoms with E-state index in [1.807, 2.05) is 6.07 Å². The summed E-state index contributed by atoms with van der Waals surface area (Å²) in [6.07, 6.45) is 2.24. The first-order valence-corrected chi connectivity index (χ1v) is 10.5. The minimum absolute atomic E-state index is 0.138. The van der Waals surface area contributed by atoms with Gasteiger partial charge in [0.15, 0.2) is 5.96 Å². The van der Waals surface area contributed by atoms with Crippen LogP contribution >= 0.6 is 11.8 Å². The van der Waals surface area contributed by atoms with E-state index in [1.165, 1.54) is 17.8 Å². The van der Waals surface area contributed by atoms with Gasteiger partial charge < -0.3 is 15.5 Å². The average Bonchev–Trinajstić information content (AvgIpc) is 3.48. The number of piperazine rings is 1. The third kappa shape index (κ3) is 6.39. The van der Waals surface area contributed by atoms with E-state index in [2.05, 4.69) is 25.4 Å². The van der Waals surface area contributed by atoms with E-state index >= 15 is 0 Å². The Morgan fingerprint density at radius 3 is 2.67 bits per heavy atom. The second-order valence-electron chi connectivity index (χ2n) is 6.86. The van der Waals surface area contributed by atoms with E-state index < -0.39 is 0 Å². The molecule has 8 heteroatoms. The van der Waals surface area contributed by atoms with Crippen LogP contribution in [0.25, 0.3) is 0 Å². The van der Waals surface area contributed by atoms with Crippen LogP contribution in [0.15, 0.2) is 34.2 Å². The number of guanidine groups is 1. The number of halogens is 1. The van der Waals surface area contributed by atoms with Crippen molar-refractivity contribution in [3.63, 3.8) is 0 Å². The van der Waals surface area contributed by atoms with Crippen LogP contribution in [0.2, 0.25) is 0 Å². The molecule has 1 saturated heterocycles. The molecule has 0 unspecified atom stereocenters. The fourth-order valence-electron chi connectivity index (χ4n) is 3.04. The zero-order valence-electron chi connectivity index (χ0n) is 15.8. The predicted octanol–water partition coefficient (Wildman–Crippen LogP) is 1.39. The van der Waals surface area contributed by atoms with Gasteiger partial charge >= 0.3 is 0 Å². The summed E-state index contributed by atoms with van der Waals surface area (Å²) in [6, 6.07) is 7.26. The third-order valence-electron chi connectivity index (χ3n) is 4.67. The lowest BCUT2D eigenvalue weighted by Crippen LogP contribution is -2.54. The molecule has 2 fully saturated rings. The molecule has 1 heterocycles. The smallest absolute Gasteiger partial charge is 0.234 e. The van der Waals surface area contributed by atoms with Gasteiger partial charge in [0.2, 0.25) is 5.91 Å². The second-order valence-corrected chi connectivity index (χ2v) is 7.99. The van der Waals surface area contributed by atoms with E-state index in [9.17, 15) is 9.18 Å². The summed E-state index contributed by atoms with van der Waals surface area (Å²) in [4.78, 5) is 21.3. The quantitative estimate of drug-likeness (QED) is 0.317. The van der Waals surface area contributed by atoms with Gasteiger partial charge in [-0.2, -0.15) is 0 Å². The Labute approximate surface area is 164 Å². The molecule has 0 spiro atoms. The Morgan fingerprint density at radius 2 is 2.00 bits per heavy atom. The topological polar surface area (TPSA) is 60.0 Å². The van der Waals surface area contributed by atoms with Crippen LogP contribution in [0.4, 0.5) is 4.39 Å². The van der Waals surface area contributed by atoms with Crippen molar-refractivity contribution in [1.82, 2.24) is 20.4 Å². The highest BCUT2D eigenvalue weighted by atomic mass is 32.2. The van der Waals surface area contributed by atoms with Gasteiger partial charge in [0, 0.05) is 56.5 Å². The van der Waals surface area contributed by atoms with E-state index in [0.717, 1.165) is 57.3 Å². The maximum atomic E-state index is 13.6. The van der Waals surface area contributed by atoms with Crippen molar-refractivity contribution in [3.8, 4) is 0 Å². The average molecular weight is 394 g/mol. The Balaban J connectivity index is 1.34. The molecule has 1 aliphatic carbocycles. The van der Waals surface area contributed by atoms with Gasteiger partial charge in [-0.05, 0) is 25.0 Å². The standard InChI is InChI=1S/C19H28FN5OS/c1-21-19(22-8-13-27-17-5-3-2-4-16(17)20)25-11-9-24(10-12-25)14-18(26)23-15-6-7-15/h2-5,15H,6-14H2,1H3,(H,21,22)(H,23,26). The number of hydrogen-bond acceptors (Lipinski definition) is 4. The summed E-state index contributed by atoms with van der Waals surface area (Å²) >= 11 is 1.50. The highest BCUT2D eigenvalue weighted by molar-refractivity contribution is 7.99. The van der Waals surface area contributed by atoms with Gasteiger partial charge in [-0.1, -0.05) is 12.1 Å². The normalized spacial score (nSPS) is 18.4. The monoisotopic (exact) mass is 393 g/mol. The number of benzene rings is 1. The molecule has 0 radical (unpaired) electrons. The molecule has 148 valence electrons. The van der Waals surface area contributed by atoms with Crippen molar-refractivity contribution in [2.24, 2.45) is 4.99 Å². The summed E-state index contributed by atoms with van der Waals surface area (Å²) in [5.74, 6) is 1.60. The number of rotatable bonds is 7. The molecule has 1 aromatic rings. The van der Waals surface area contributed by atoms with Crippen molar-refractivity contribution in [2.45, 2.75) is 23.8 Å². The first-order chi connectivity index (χ1) is 13.2. The number of hydrogen-bond donors (Lipinski definition) is 2. The predicted molar refractivity (Wildman–Crippen MR) is 108 cm³/mol. The van der Waals surface area contributed by atoms with Crippen LogP contribution in [-0.4, -0.2) is 79.8 Å². The maximum absolute atomic E-state index is 13.6. The molecule has 1 aliphatic heterocycles. The fraction of sp³-hybridized carbons (Fsp3) is 0.579. The van der Waals surface area contributed by atoms with Gasteiger partial charge in [0.05, 0.1) is 6.54 Å². The Kier molecular flexibility index (Phi) is 7.34. The van der Waals surface area contributed by atoms with Gasteiger partial charge in [-0.15, -0.1) is 11.8 Å². The fourth-order valence-corrected chi connectivity index (χ4v) is 3.84. The zero-order valence-corrected chi connectivity index (χ0v) is 16.6. The number of amides is 1. The van der Waals surface area contributed by atoms with Crippen molar-refractivity contribution < 1.29 is 9.18 Å². The van der Waals surface area contributed by atoms with Crippen LogP contribution in [0.1, 0.15) is 12.8 Å². The lowest BCUT2D eigenvalue weighted by Gasteiger charge is -2.36. The Hall–Kier alpha value is -1.80. The summed E-state index contributed by atoms with van der Waals surface area (Å²) in [5.41, 5.74) is 0. The van der Waals surface area contributed by atoms with Crippen molar-refractivity contribution >= 4 is 23.6 Å². The SMILES string of the molecule is CN=C(NCCSc1ccccc1F)N1CCN(CC(=O)NC2CC2)CC1. The number of nitrogens with one attached hydrogen (secondary N) is 2. The van der Waals surface area contributed by atoms with Crippen LogP contribution in [0.5, 0.6) is 0 Å². The largest absolute Gasteiger partial charge is 0.355 e. The van der Waals surface area contributed by atoms with Crippen molar-refractivity contribution in [2.75, 3.05) is 52.1 Å². The molecular formula is C19H28FN5OS. The van der Waals surface area contributed by atoms with Gasteiger partial charge in [-0.3, -0.25) is 14.7 Å². The van der Waals surface area contributed by atoms with Gasteiger partial charge in [0.1, 0.15) is 5.82 Å². The van der Waals surface area contributed by atoms with E-state index in [-0.39, 0.29) is 11.7 Å². The van der Waals surface area contributed by atoms with E-state index in [4.69, 9.17) is 0 Å². The number of carbonyl (C=O) groups is 1. The molecule has 1 amide bonds. The van der Waals surface area contributed by atoms with Gasteiger partial charge in [-0.25, -0.2) is 4.39 Å². The molecule has 0 aromatic heterocycles. The van der Waals surface area contributed by atoms with Crippen molar-refractivity contribution in [3.05, 3.63) is 30.1 Å². The minimum atomic E-state index is -0.172. The zero-order chi connectivity index (χ0) is 19.1. The van der Waals surface area contributed by atoms with E-state index in [1.54, 1.807) is 19.2 Å².